The van der Waals surface area contributed by atoms with E-state index in [1.54, 1.807) is 0 Å². The zero-order valence-electron chi connectivity index (χ0n) is 6.72. The molecule has 1 amide bonds. The fourth-order valence-corrected chi connectivity index (χ4v) is 2.59. The third-order valence-electron chi connectivity index (χ3n) is 2.71. The van der Waals surface area contributed by atoms with Crippen molar-refractivity contribution >= 4 is 21.8 Å². The number of carbonyl (C=O) groups excluding carboxylic acids is 1. The molecule has 12 heavy (non-hydrogen) atoms. The molecule has 0 aromatic carbocycles. The lowest BCUT2D eigenvalue weighted by Crippen LogP contribution is -2.44. The number of nitrogens with zero attached hydrogens (tertiary/aromatic N) is 1. The van der Waals surface area contributed by atoms with E-state index in [1.807, 2.05) is 4.90 Å². The monoisotopic (exact) mass is 235 g/mol. The Labute approximate surface area is 79.2 Å². The van der Waals surface area contributed by atoms with Gasteiger partial charge in [-0.15, -0.1) is 0 Å². The molecule has 1 unspecified atom stereocenters. The summed E-state index contributed by atoms with van der Waals surface area (Å²) in [6, 6.07) is 0.149. The fourth-order valence-electron chi connectivity index (χ4n) is 2.04. The number of halogens is 2. The number of alkyl halides is 2. The van der Waals surface area contributed by atoms with Gasteiger partial charge in [0.15, 0.2) is 4.58 Å². The second-order valence-corrected chi connectivity index (χ2v) is 5.01. The SMILES string of the molecule is O=C1CCC2C[C@@](F)(Br)CCN12. The van der Waals surface area contributed by atoms with E-state index >= 15 is 0 Å². The van der Waals surface area contributed by atoms with Crippen molar-refractivity contribution in [3.8, 4) is 0 Å². The van der Waals surface area contributed by atoms with Crippen LogP contribution in [0.5, 0.6) is 0 Å². The average molecular weight is 236 g/mol. The molecule has 0 N–H and O–H groups in total. The van der Waals surface area contributed by atoms with E-state index in [2.05, 4.69) is 15.9 Å². The van der Waals surface area contributed by atoms with Crippen LogP contribution in [0.4, 0.5) is 4.39 Å². The van der Waals surface area contributed by atoms with Crippen LogP contribution in [0.25, 0.3) is 0 Å². The predicted octanol–water partition coefficient (Wildman–Crippen LogP) is 1.83. The maximum absolute atomic E-state index is 13.4. The molecule has 0 aromatic rings. The van der Waals surface area contributed by atoms with Crippen molar-refractivity contribution < 1.29 is 9.18 Å². The second kappa shape index (κ2) is 2.69. The van der Waals surface area contributed by atoms with Crippen molar-refractivity contribution in [2.45, 2.75) is 36.3 Å². The van der Waals surface area contributed by atoms with Crippen molar-refractivity contribution in [1.82, 2.24) is 4.90 Å². The van der Waals surface area contributed by atoms with Crippen LogP contribution < -0.4 is 0 Å². The van der Waals surface area contributed by atoms with Gasteiger partial charge in [0.1, 0.15) is 0 Å². The highest BCUT2D eigenvalue weighted by Crippen LogP contribution is 2.39. The molecule has 0 bridgehead atoms. The van der Waals surface area contributed by atoms with Crippen LogP contribution >= 0.6 is 15.9 Å². The van der Waals surface area contributed by atoms with Gasteiger partial charge in [0.25, 0.3) is 0 Å². The van der Waals surface area contributed by atoms with Gasteiger partial charge < -0.3 is 4.90 Å². The first-order valence-corrected chi connectivity index (χ1v) is 5.05. The van der Waals surface area contributed by atoms with E-state index in [0.29, 0.717) is 25.8 Å². The maximum Gasteiger partial charge on any atom is 0.222 e. The zero-order chi connectivity index (χ0) is 8.77. The van der Waals surface area contributed by atoms with Crippen LogP contribution in [0.1, 0.15) is 25.7 Å². The molecule has 2 heterocycles. The molecule has 4 heteroatoms. The summed E-state index contributed by atoms with van der Waals surface area (Å²) >= 11 is 3.04. The van der Waals surface area contributed by atoms with Gasteiger partial charge in [-0.2, -0.15) is 0 Å². The molecule has 2 saturated heterocycles. The molecule has 2 aliphatic heterocycles. The topological polar surface area (TPSA) is 20.3 Å². The Hall–Kier alpha value is -0.120. The summed E-state index contributed by atoms with van der Waals surface area (Å²) in [5, 5.41) is 0. The highest BCUT2D eigenvalue weighted by molar-refractivity contribution is 9.10. The van der Waals surface area contributed by atoms with Gasteiger partial charge in [0.2, 0.25) is 5.91 Å². The molecule has 2 fully saturated rings. The maximum atomic E-state index is 13.4. The summed E-state index contributed by atoms with van der Waals surface area (Å²) < 4.78 is 12.2. The van der Waals surface area contributed by atoms with Gasteiger partial charge >= 0.3 is 0 Å². The van der Waals surface area contributed by atoms with Crippen molar-refractivity contribution in [2.75, 3.05) is 6.54 Å². The van der Waals surface area contributed by atoms with E-state index in [9.17, 15) is 9.18 Å². The molecule has 0 saturated carbocycles. The summed E-state index contributed by atoms with van der Waals surface area (Å²) in [5.74, 6) is 0.197. The Morgan fingerprint density at radius 2 is 2.42 bits per heavy atom. The van der Waals surface area contributed by atoms with Gasteiger partial charge in [-0.3, -0.25) is 4.79 Å². The Bertz CT molecular complexity index is 219. The molecule has 2 nitrogen and oxygen atoms in total. The zero-order valence-corrected chi connectivity index (χ0v) is 8.31. The van der Waals surface area contributed by atoms with E-state index < -0.39 is 4.58 Å². The first-order chi connectivity index (χ1) is 5.58. The van der Waals surface area contributed by atoms with Gasteiger partial charge in [-0.25, -0.2) is 4.39 Å². The Balaban J connectivity index is 2.09. The summed E-state index contributed by atoms with van der Waals surface area (Å²) in [7, 11) is 0. The van der Waals surface area contributed by atoms with Crippen LogP contribution in [0.15, 0.2) is 0 Å². The lowest BCUT2D eigenvalue weighted by Gasteiger charge is -2.35. The number of hydrogen-bond acceptors (Lipinski definition) is 1. The van der Waals surface area contributed by atoms with Crippen LogP contribution in [-0.2, 0) is 4.79 Å². The largest absolute Gasteiger partial charge is 0.339 e. The van der Waals surface area contributed by atoms with E-state index in [0.717, 1.165) is 6.42 Å². The lowest BCUT2D eigenvalue weighted by atomic mass is 10.0. The standard InChI is InChI=1S/C8H11BrFNO/c9-8(10)3-4-11-6(5-8)1-2-7(11)12/h6H,1-5H2/t6?,8-/m1/s1. The number of fused-ring (bicyclic) bond motifs is 1. The van der Waals surface area contributed by atoms with E-state index in [-0.39, 0.29) is 11.9 Å². The first-order valence-electron chi connectivity index (χ1n) is 4.26. The quantitative estimate of drug-likeness (QED) is 0.587. The molecular formula is C8H11BrFNO. The van der Waals surface area contributed by atoms with Crippen molar-refractivity contribution in [2.24, 2.45) is 0 Å². The van der Waals surface area contributed by atoms with Crippen LogP contribution in [0, 0.1) is 0 Å². The summed E-state index contributed by atoms with van der Waals surface area (Å²) in [5.41, 5.74) is 0. The highest BCUT2D eigenvalue weighted by Gasteiger charge is 2.42. The van der Waals surface area contributed by atoms with Crippen LogP contribution in [-0.4, -0.2) is 28.0 Å². The van der Waals surface area contributed by atoms with Gasteiger partial charge in [-0.05, 0) is 22.4 Å². The number of piperidine rings is 1. The molecule has 0 aromatic heterocycles. The molecule has 0 spiro atoms. The first kappa shape index (κ1) is 8.48. The molecule has 0 aliphatic carbocycles. The average Bonchev–Trinajstić information content (AvgIpc) is 2.30. The Kier molecular flexibility index (Phi) is 1.90. The molecule has 0 radical (unpaired) electrons. The third kappa shape index (κ3) is 1.37. The lowest BCUT2D eigenvalue weighted by molar-refractivity contribution is -0.130. The number of rotatable bonds is 0. The van der Waals surface area contributed by atoms with Gasteiger partial charge in [-0.1, -0.05) is 0 Å². The minimum Gasteiger partial charge on any atom is -0.339 e. The molecule has 2 rings (SSSR count). The minimum absolute atomic E-state index is 0.149. The smallest absolute Gasteiger partial charge is 0.222 e. The minimum atomic E-state index is -1.22. The number of carbonyl (C=O) groups is 1. The van der Waals surface area contributed by atoms with E-state index in [1.165, 1.54) is 0 Å². The van der Waals surface area contributed by atoms with Crippen LogP contribution in [0.2, 0.25) is 0 Å². The Morgan fingerprint density at radius 3 is 3.17 bits per heavy atom. The van der Waals surface area contributed by atoms with Gasteiger partial charge in [0, 0.05) is 31.8 Å². The summed E-state index contributed by atoms with van der Waals surface area (Å²) in [6.07, 6.45) is 2.32. The summed E-state index contributed by atoms with van der Waals surface area (Å²) in [6.45, 7) is 0.575. The van der Waals surface area contributed by atoms with Gasteiger partial charge in [0.05, 0.1) is 0 Å². The third-order valence-corrected chi connectivity index (χ3v) is 3.43. The molecule has 2 atom stereocenters. The molecular weight excluding hydrogens is 225 g/mol. The van der Waals surface area contributed by atoms with Crippen molar-refractivity contribution in [3.63, 3.8) is 0 Å². The molecule has 2 aliphatic rings. The number of amides is 1. The second-order valence-electron chi connectivity index (χ2n) is 3.59. The fraction of sp³-hybridized carbons (Fsp3) is 0.875. The Morgan fingerprint density at radius 1 is 1.67 bits per heavy atom. The molecule has 68 valence electrons. The highest BCUT2D eigenvalue weighted by atomic mass is 79.9. The van der Waals surface area contributed by atoms with Crippen LogP contribution in [0.3, 0.4) is 0 Å². The summed E-state index contributed by atoms with van der Waals surface area (Å²) in [4.78, 5) is 13.0. The number of hydrogen-bond donors (Lipinski definition) is 0. The predicted molar refractivity (Wildman–Crippen MR) is 46.7 cm³/mol. The van der Waals surface area contributed by atoms with E-state index in [4.69, 9.17) is 0 Å². The van der Waals surface area contributed by atoms with Crippen molar-refractivity contribution in [1.29, 1.82) is 0 Å². The van der Waals surface area contributed by atoms with Crippen molar-refractivity contribution in [3.05, 3.63) is 0 Å². The normalized spacial score (nSPS) is 41.7.